The fraction of sp³-hybridized carbons (Fsp3) is 0.394. The number of nitrogens with one attached hydrogen (secondary N) is 1. The molecule has 3 aromatic rings. The molecule has 0 aliphatic carbocycles. The third-order valence-electron chi connectivity index (χ3n) is 7.02. The van der Waals surface area contributed by atoms with Crippen molar-refractivity contribution in [3.05, 3.63) is 101 Å². The smallest absolute Gasteiger partial charge is 0.243 e. The van der Waals surface area contributed by atoms with Gasteiger partial charge in [0, 0.05) is 32.5 Å². The van der Waals surface area contributed by atoms with Gasteiger partial charge in [0.2, 0.25) is 21.8 Å². The molecule has 0 heterocycles. The highest BCUT2D eigenvalue weighted by molar-refractivity contribution is 7.92. The van der Waals surface area contributed by atoms with Crippen LogP contribution in [0.4, 0.5) is 5.69 Å². The number of aryl methyl sites for hydroxylation is 2. The Bertz CT molecular complexity index is 1380. The minimum absolute atomic E-state index is 0.108. The normalized spacial score (nSPS) is 12.0. The van der Waals surface area contributed by atoms with Crippen molar-refractivity contribution < 1.29 is 18.0 Å². The molecule has 1 N–H and O–H groups in total. The molecular weight excluding hydrogens is 534 g/mol. The van der Waals surface area contributed by atoms with Gasteiger partial charge < -0.3 is 10.2 Å². The highest BCUT2D eigenvalue weighted by atomic mass is 32.2. The first-order valence-corrected chi connectivity index (χ1v) is 16.1. The number of carbonyl (C=O) groups excluding carboxylic acids is 2. The Labute approximate surface area is 245 Å². The average molecular weight is 578 g/mol. The van der Waals surface area contributed by atoms with Gasteiger partial charge in [0.25, 0.3) is 0 Å². The summed E-state index contributed by atoms with van der Waals surface area (Å²) in [7, 11) is -3.54. The largest absolute Gasteiger partial charge is 0.354 e. The number of amides is 2. The molecule has 1 unspecified atom stereocenters. The zero-order valence-corrected chi connectivity index (χ0v) is 25.5. The molecule has 7 nitrogen and oxygen atoms in total. The first kappa shape index (κ1) is 31.9. The van der Waals surface area contributed by atoms with Crippen LogP contribution in [0.5, 0.6) is 0 Å². The predicted molar refractivity (Wildman–Crippen MR) is 166 cm³/mol. The topological polar surface area (TPSA) is 86.8 Å². The maximum Gasteiger partial charge on any atom is 0.243 e. The highest BCUT2D eigenvalue weighted by Crippen LogP contribution is 2.21. The van der Waals surface area contributed by atoms with Crippen molar-refractivity contribution in [2.75, 3.05) is 23.7 Å². The Morgan fingerprint density at radius 3 is 2.20 bits per heavy atom. The van der Waals surface area contributed by atoms with Crippen molar-refractivity contribution in [3.8, 4) is 0 Å². The van der Waals surface area contributed by atoms with E-state index in [0.29, 0.717) is 25.1 Å². The van der Waals surface area contributed by atoms with Crippen molar-refractivity contribution in [2.45, 2.75) is 65.5 Å². The van der Waals surface area contributed by atoms with E-state index in [1.807, 2.05) is 86.6 Å². The van der Waals surface area contributed by atoms with Gasteiger partial charge in [0.15, 0.2) is 0 Å². The van der Waals surface area contributed by atoms with Crippen molar-refractivity contribution in [3.63, 3.8) is 0 Å². The summed E-state index contributed by atoms with van der Waals surface area (Å²) in [6.07, 6.45) is 3.80. The maximum atomic E-state index is 13.9. The van der Waals surface area contributed by atoms with Crippen LogP contribution in [0.15, 0.2) is 78.9 Å². The van der Waals surface area contributed by atoms with Crippen LogP contribution >= 0.6 is 0 Å². The first-order chi connectivity index (χ1) is 19.6. The number of unbranched alkanes of at least 4 members (excludes halogenated alkanes) is 1. The molecule has 0 aliphatic heterocycles. The van der Waals surface area contributed by atoms with E-state index >= 15 is 0 Å². The SMILES string of the molecule is CCCCNC(=O)C(Cc1ccccc1)N(Cc1ccc(C)cc1)C(=O)CCCN(c1cccc(C)c1)S(C)(=O)=O. The zero-order valence-electron chi connectivity index (χ0n) is 24.7. The summed E-state index contributed by atoms with van der Waals surface area (Å²) in [6.45, 7) is 6.98. The summed E-state index contributed by atoms with van der Waals surface area (Å²) >= 11 is 0. The van der Waals surface area contributed by atoms with Crippen LogP contribution in [0.2, 0.25) is 0 Å². The summed E-state index contributed by atoms with van der Waals surface area (Å²) in [6, 6.07) is 24.3. The number of carbonyl (C=O) groups is 2. The van der Waals surface area contributed by atoms with Crippen LogP contribution in [-0.4, -0.2) is 50.5 Å². The van der Waals surface area contributed by atoms with Gasteiger partial charge in [0.1, 0.15) is 6.04 Å². The Kier molecular flexibility index (Phi) is 12.0. The van der Waals surface area contributed by atoms with Crippen molar-refractivity contribution in [2.24, 2.45) is 0 Å². The summed E-state index contributed by atoms with van der Waals surface area (Å²) in [5.74, 6) is -0.366. The molecule has 0 saturated heterocycles. The van der Waals surface area contributed by atoms with Gasteiger partial charge in [-0.05, 0) is 55.5 Å². The summed E-state index contributed by atoms with van der Waals surface area (Å²) in [4.78, 5) is 29.1. The number of rotatable bonds is 15. The Morgan fingerprint density at radius 1 is 0.854 bits per heavy atom. The summed E-state index contributed by atoms with van der Waals surface area (Å²) < 4.78 is 26.6. The molecule has 3 rings (SSSR count). The molecule has 0 fully saturated rings. The number of hydrogen-bond donors (Lipinski definition) is 1. The molecule has 0 aromatic heterocycles. The minimum atomic E-state index is -3.54. The van der Waals surface area contributed by atoms with E-state index in [1.54, 1.807) is 11.0 Å². The molecule has 0 spiro atoms. The minimum Gasteiger partial charge on any atom is -0.354 e. The second-order valence-electron chi connectivity index (χ2n) is 10.6. The van der Waals surface area contributed by atoms with Crippen LogP contribution in [-0.2, 0) is 32.6 Å². The summed E-state index contributed by atoms with van der Waals surface area (Å²) in [5.41, 5.74) is 4.54. The fourth-order valence-corrected chi connectivity index (χ4v) is 5.69. The number of benzene rings is 3. The van der Waals surface area contributed by atoms with E-state index in [2.05, 4.69) is 12.2 Å². The quantitative estimate of drug-likeness (QED) is 0.245. The van der Waals surface area contributed by atoms with Crippen LogP contribution in [0, 0.1) is 13.8 Å². The molecule has 0 radical (unpaired) electrons. The lowest BCUT2D eigenvalue weighted by Gasteiger charge is -2.32. The fourth-order valence-electron chi connectivity index (χ4n) is 4.74. The van der Waals surface area contributed by atoms with Crippen LogP contribution in [0.3, 0.4) is 0 Å². The molecule has 41 heavy (non-hydrogen) atoms. The van der Waals surface area contributed by atoms with Crippen LogP contribution < -0.4 is 9.62 Å². The molecule has 0 bridgehead atoms. The second-order valence-corrected chi connectivity index (χ2v) is 12.5. The molecule has 0 aliphatic rings. The molecule has 3 aromatic carbocycles. The average Bonchev–Trinajstić information content (AvgIpc) is 2.94. The monoisotopic (exact) mass is 577 g/mol. The van der Waals surface area contributed by atoms with E-state index in [9.17, 15) is 18.0 Å². The molecule has 2 amide bonds. The molecule has 220 valence electrons. The highest BCUT2D eigenvalue weighted by Gasteiger charge is 2.30. The zero-order chi connectivity index (χ0) is 29.8. The lowest BCUT2D eigenvalue weighted by Crippen LogP contribution is -2.50. The van der Waals surface area contributed by atoms with Gasteiger partial charge in [-0.3, -0.25) is 13.9 Å². The Balaban J connectivity index is 1.86. The predicted octanol–water partition coefficient (Wildman–Crippen LogP) is 5.41. The van der Waals surface area contributed by atoms with Crippen LogP contribution in [0.25, 0.3) is 0 Å². The lowest BCUT2D eigenvalue weighted by molar-refractivity contribution is -0.141. The lowest BCUT2D eigenvalue weighted by atomic mass is 10.0. The Morgan fingerprint density at radius 2 is 1.56 bits per heavy atom. The summed E-state index contributed by atoms with van der Waals surface area (Å²) in [5, 5.41) is 3.03. The van der Waals surface area contributed by atoms with Gasteiger partial charge in [-0.1, -0.05) is 85.6 Å². The van der Waals surface area contributed by atoms with Gasteiger partial charge in [-0.15, -0.1) is 0 Å². The van der Waals surface area contributed by atoms with Crippen molar-refractivity contribution >= 4 is 27.5 Å². The Hall–Kier alpha value is -3.65. The molecule has 0 saturated carbocycles. The van der Waals surface area contributed by atoms with E-state index in [4.69, 9.17) is 0 Å². The first-order valence-electron chi connectivity index (χ1n) is 14.3. The number of anilines is 1. The van der Waals surface area contributed by atoms with Crippen molar-refractivity contribution in [1.82, 2.24) is 10.2 Å². The van der Waals surface area contributed by atoms with E-state index < -0.39 is 16.1 Å². The third kappa shape index (κ3) is 10.0. The van der Waals surface area contributed by atoms with Gasteiger partial charge in [0.05, 0.1) is 11.9 Å². The third-order valence-corrected chi connectivity index (χ3v) is 8.21. The number of hydrogen-bond acceptors (Lipinski definition) is 4. The number of sulfonamides is 1. The van der Waals surface area contributed by atoms with Gasteiger partial charge >= 0.3 is 0 Å². The van der Waals surface area contributed by atoms with Crippen molar-refractivity contribution in [1.29, 1.82) is 0 Å². The van der Waals surface area contributed by atoms with Gasteiger partial charge in [-0.25, -0.2) is 8.42 Å². The maximum absolute atomic E-state index is 13.9. The number of nitrogens with zero attached hydrogens (tertiary/aromatic N) is 2. The van der Waals surface area contributed by atoms with E-state index in [0.717, 1.165) is 35.1 Å². The van der Waals surface area contributed by atoms with Gasteiger partial charge in [-0.2, -0.15) is 0 Å². The van der Waals surface area contributed by atoms with Crippen LogP contribution in [0.1, 0.15) is 54.9 Å². The van der Waals surface area contributed by atoms with E-state index in [1.165, 1.54) is 10.6 Å². The second kappa shape index (κ2) is 15.4. The standard InChI is InChI=1S/C33H43N3O4S/c1-5-6-21-34-33(38)31(24-28-13-8-7-9-14-28)35(25-29-19-17-26(2)18-20-29)32(37)16-11-22-36(41(4,39)40)30-15-10-12-27(3)23-30/h7-10,12-15,17-20,23,31H,5-6,11,16,21-22,24-25H2,1-4H3,(H,34,38). The molecule has 1 atom stereocenters. The van der Waals surface area contributed by atoms with E-state index in [-0.39, 0.29) is 31.3 Å². The molecular formula is C33H43N3O4S. The molecule has 8 heteroatoms.